The van der Waals surface area contributed by atoms with E-state index in [0.29, 0.717) is 47.6 Å². The van der Waals surface area contributed by atoms with Gasteiger partial charge in [-0.05, 0) is 104 Å². The Labute approximate surface area is 345 Å². The van der Waals surface area contributed by atoms with Crippen molar-refractivity contribution in [3.05, 3.63) is 81.5 Å². The van der Waals surface area contributed by atoms with E-state index in [1.807, 2.05) is 23.1 Å². The predicted molar refractivity (Wildman–Crippen MR) is 212 cm³/mol. The Hall–Kier alpha value is -5.36. The molecule has 3 N–H and O–H groups in total. The number of hydrogen-bond donors (Lipinski definition) is 3. The van der Waals surface area contributed by atoms with Gasteiger partial charge in [-0.3, -0.25) is 29.6 Å². The summed E-state index contributed by atoms with van der Waals surface area (Å²) in [7, 11) is 3.35. The summed E-state index contributed by atoms with van der Waals surface area (Å²) in [5, 5.41) is 14.1. The monoisotopic (exact) mass is 864 g/mol. The first kappa shape index (κ1) is 44.2. The molecule has 3 aliphatic heterocycles. The molecule has 3 fully saturated rings. The second-order valence-corrected chi connectivity index (χ2v) is 15.5. The molecule has 0 aliphatic carbocycles. The summed E-state index contributed by atoms with van der Waals surface area (Å²) in [5.41, 5.74) is 2.10. The number of carboxylic acid groups (broad SMARTS) is 1. The average Bonchev–Trinajstić information content (AvgIpc) is 3.21. The topological polar surface area (TPSA) is 146 Å². The molecule has 0 bridgehead atoms. The first-order valence-corrected chi connectivity index (χ1v) is 19.6. The van der Waals surface area contributed by atoms with Crippen LogP contribution in [0.15, 0.2) is 59.8 Å². The van der Waals surface area contributed by atoms with Crippen LogP contribution in [0.25, 0.3) is 21.9 Å². The summed E-state index contributed by atoms with van der Waals surface area (Å²) in [6.07, 6.45) is -0.618. The molecular formula is C41H43ClF6N6O6. The number of aryl methyl sites for hydroxylation is 1. The average molecular weight is 865 g/mol. The highest BCUT2D eigenvalue weighted by Crippen LogP contribution is 2.42. The second kappa shape index (κ2) is 18.1. The van der Waals surface area contributed by atoms with Crippen molar-refractivity contribution in [2.24, 2.45) is 18.9 Å². The number of ether oxygens (including phenoxy) is 1. The van der Waals surface area contributed by atoms with Gasteiger partial charge in [-0.2, -0.15) is 26.3 Å². The lowest BCUT2D eigenvalue weighted by atomic mass is 9.78. The fraction of sp³-hybridized carbons (Fsp3) is 0.439. The van der Waals surface area contributed by atoms with E-state index in [9.17, 15) is 40.7 Å². The van der Waals surface area contributed by atoms with Crippen molar-refractivity contribution in [1.29, 1.82) is 0 Å². The van der Waals surface area contributed by atoms with E-state index in [4.69, 9.17) is 26.2 Å². The second-order valence-electron chi connectivity index (χ2n) is 15.1. The van der Waals surface area contributed by atoms with E-state index in [2.05, 4.69) is 20.5 Å². The highest BCUT2D eigenvalue weighted by Gasteiger charge is 2.39. The molecule has 12 nitrogen and oxygen atoms in total. The van der Waals surface area contributed by atoms with Crippen LogP contribution in [0.3, 0.4) is 0 Å². The normalized spacial score (nSPS) is 18.5. The summed E-state index contributed by atoms with van der Waals surface area (Å²) < 4.78 is 82.0. The molecule has 7 rings (SSSR count). The maximum atomic E-state index is 14.3. The highest BCUT2D eigenvalue weighted by atomic mass is 35.5. The number of carbonyl (C=O) groups is 3. The van der Waals surface area contributed by atoms with E-state index >= 15 is 0 Å². The van der Waals surface area contributed by atoms with Crippen LogP contribution in [0.1, 0.15) is 49.7 Å². The minimum absolute atomic E-state index is 0.121. The van der Waals surface area contributed by atoms with Crippen LogP contribution in [0, 0.1) is 11.8 Å². The van der Waals surface area contributed by atoms with Crippen LogP contribution in [0.4, 0.5) is 37.7 Å². The van der Waals surface area contributed by atoms with Crippen molar-refractivity contribution in [2.45, 2.75) is 63.5 Å². The number of benzene rings is 2. The first-order valence-electron chi connectivity index (χ1n) is 19.2. The fourth-order valence-corrected chi connectivity index (χ4v) is 8.49. The van der Waals surface area contributed by atoms with E-state index in [1.165, 1.54) is 6.07 Å². The van der Waals surface area contributed by atoms with Crippen molar-refractivity contribution < 1.29 is 50.6 Å². The molecule has 0 spiro atoms. The fourth-order valence-electron chi connectivity index (χ4n) is 8.22. The Morgan fingerprint density at radius 3 is 2.20 bits per heavy atom. The molecular weight excluding hydrogens is 822 g/mol. The number of pyridine rings is 2. The number of piperidine rings is 3. The molecule has 1 unspecified atom stereocenters. The number of carboxylic acids is 1. The lowest BCUT2D eigenvalue weighted by Gasteiger charge is -2.41. The zero-order chi connectivity index (χ0) is 43.5. The Kier molecular flexibility index (Phi) is 13.3. The number of carbonyl (C=O) groups excluding carboxylic acids is 2. The van der Waals surface area contributed by atoms with Gasteiger partial charge in [0, 0.05) is 79.2 Å². The van der Waals surface area contributed by atoms with E-state index < -0.39 is 35.8 Å². The molecule has 3 aliphatic rings. The molecule has 2 aromatic carbocycles. The lowest BCUT2D eigenvalue weighted by Crippen LogP contribution is -2.47. The number of hydrogen-bond acceptors (Lipinski definition) is 9. The number of fused-ring (bicyclic) bond motifs is 1. The molecule has 5 heterocycles. The molecule has 1 atom stereocenters. The Balaban J connectivity index is 0.000000793. The standard InChI is InChI=1S/C39H42ClF3N6O4.C2HF3O2/c1-47-21-29(27-7-12-44-20-28(27)38(47)52)25-17-32(40)30(35(18-25)53-2)22-48-13-8-23(9-14-48)24-10-15-49(16-11-24)34-5-3-26(19-31(34)39(41,42)43)45-33-4-6-36(50)46-37(33)51;3-2(4,5)1(6)7/h3,5,7,12,17-21,23-24,33,45H,4,6,8-11,13-16,22H2,1-2H3,(H,46,50,51);(H,6,7). The largest absolute Gasteiger partial charge is 0.496 e. The Bertz CT molecular complexity index is 2300. The summed E-state index contributed by atoms with van der Waals surface area (Å²) in [6, 6.07) is 9.09. The van der Waals surface area contributed by atoms with Crippen molar-refractivity contribution >= 4 is 51.5 Å². The summed E-state index contributed by atoms with van der Waals surface area (Å²) >= 11 is 6.93. The third kappa shape index (κ3) is 10.1. The van der Waals surface area contributed by atoms with Crippen LogP contribution in [0.5, 0.6) is 5.75 Å². The van der Waals surface area contributed by atoms with Gasteiger partial charge < -0.3 is 24.6 Å². The minimum atomic E-state index is -5.08. The summed E-state index contributed by atoms with van der Waals surface area (Å²) in [5.74, 6) is -2.07. The number of imide groups is 1. The van der Waals surface area contributed by atoms with Gasteiger partial charge in [0.15, 0.2) is 0 Å². The van der Waals surface area contributed by atoms with Gasteiger partial charge in [0.25, 0.3) is 5.56 Å². The maximum Gasteiger partial charge on any atom is 0.490 e. The van der Waals surface area contributed by atoms with Gasteiger partial charge in [0.2, 0.25) is 11.8 Å². The number of rotatable bonds is 8. The van der Waals surface area contributed by atoms with Crippen LogP contribution >= 0.6 is 11.6 Å². The summed E-state index contributed by atoms with van der Waals surface area (Å²) in [6.45, 7) is 3.46. The molecule has 0 saturated carbocycles. The third-order valence-corrected chi connectivity index (χ3v) is 11.7. The van der Waals surface area contributed by atoms with Gasteiger partial charge in [-0.25, -0.2) is 4.79 Å². The van der Waals surface area contributed by atoms with Crippen molar-refractivity contribution in [2.75, 3.05) is 43.5 Å². The van der Waals surface area contributed by atoms with Crippen molar-refractivity contribution in [3.8, 4) is 16.9 Å². The number of likely N-dealkylation sites (tertiary alicyclic amines) is 1. The van der Waals surface area contributed by atoms with Crippen molar-refractivity contribution in [3.63, 3.8) is 0 Å². The Morgan fingerprint density at radius 1 is 0.950 bits per heavy atom. The third-order valence-electron chi connectivity index (χ3n) is 11.4. The summed E-state index contributed by atoms with van der Waals surface area (Å²) in [4.78, 5) is 53.6. The molecule has 0 radical (unpaired) electrons. The minimum Gasteiger partial charge on any atom is -0.496 e. The van der Waals surface area contributed by atoms with Gasteiger partial charge in [0.1, 0.15) is 11.8 Å². The van der Waals surface area contributed by atoms with E-state index in [0.717, 1.165) is 66.9 Å². The quantitative estimate of drug-likeness (QED) is 0.122. The molecule has 19 heteroatoms. The molecule has 4 aromatic rings. The first-order chi connectivity index (χ1) is 28.3. The predicted octanol–water partition coefficient (Wildman–Crippen LogP) is 7.26. The van der Waals surface area contributed by atoms with Crippen molar-refractivity contribution in [1.82, 2.24) is 19.8 Å². The maximum absolute atomic E-state index is 14.3. The van der Waals surface area contributed by atoms with Crippen LogP contribution in [-0.2, 0) is 34.2 Å². The number of anilines is 2. The number of alkyl halides is 6. The molecule has 2 aromatic heterocycles. The number of aliphatic carboxylic acids is 1. The van der Waals surface area contributed by atoms with Gasteiger partial charge in [0.05, 0.1) is 18.1 Å². The van der Waals surface area contributed by atoms with Gasteiger partial charge >= 0.3 is 18.3 Å². The number of aromatic nitrogens is 2. The molecule has 322 valence electrons. The smallest absolute Gasteiger partial charge is 0.490 e. The number of nitrogens with zero attached hydrogens (tertiary/aromatic N) is 4. The molecule has 60 heavy (non-hydrogen) atoms. The molecule has 2 amide bonds. The van der Waals surface area contributed by atoms with Gasteiger partial charge in [-0.15, -0.1) is 0 Å². The van der Waals surface area contributed by atoms with Crippen LogP contribution < -0.4 is 25.8 Å². The number of methoxy groups -OCH3 is 1. The number of halogens is 7. The van der Waals surface area contributed by atoms with Crippen LogP contribution in [-0.4, -0.2) is 82.8 Å². The SMILES string of the molecule is COc1cc(-c2cn(C)c(=O)c3cnccc23)cc(Cl)c1CN1CCC(C2CCN(c3ccc(NC4CCC(=O)NC4=O)cc3C(F)(F)F)CC2)CC1.O=C(O)C(F)(F)F. The van der Waals surface area contributed by atoms with Crippen LogP contribution in [0.2, 0.25) is 5.02 Å². The van der Waals surface area contributed by atoms with E-state index in [1.54, 1.807) is 43.4 Å². The number of nitrogens with one attached hydrogen (secondary N) is 2. The zero-order valence-corrected chi connectivity index (χ0v) is 33.4. The lowest BCUT2D eigenvalue weighted by molar-refractivity contribution is -0.192. The van der Waals surface area contributed by atoms with Gasteiger partial charge in [-0.1, -0.05) is 11.6 Å². The molecule has 3 saturated heterocycles. The zero-order valence-electron chi connectivity index (χ0n) is 32.6. The Morgan fingerprint density at radius 2 is 1.60 bits per heavy atom. The van der Waals surface area contributed by atoms with E-state index in [-0.39, 0.29) is 35.7 Å². The highest BCUT2D eigenvalue weighted by molar-refractivity contribution is 6.32. The number of amides is 2.